The average molecular weight is 465 g/mol. The Kier molecular flexibility index (Phi) is 10.1. The molecule has 8 unspecified atom stereocenters. The summed E-state index contributed by atoms with van der Waals surface area (Å²) in [5.74, 6) is -1.05. The van der Waals surface area contributed by atoms with Crippen molar-refractivity contribution < 1.29 is 34.1 Å². The van der Waals surface area contributed by atoms with Crippen LogP contribution in [0.5, 0.6) is 0 Å². The molecule has 33 heavy (non-hydrogen) atoms. The monoisotopic (exact) mass is 464 g/mol. The van der Waals surface area contributed by atoms with Crippen molar-refractivity contribution in [2.24, 2.45) is 29.6 Å². The van der Waals surface area contributed by atoms with Crippen LogP contribution in [0.3, 0.4) is 0 Å². The SMILES string of the molecule is CCC(C)C(=O)OC1CC(C)C=C2C=CC(C)C(CCC(CC(O)CC(=O)O)OC(C)=O)C21. The Balaban J connectivity index is 2.18. The molecule has 0 radical (unpaired) electrons. The maximum atomic E-state index is 12.6. The number of aliphatic carboxylic acids is 1. The molecule has 0 saturated carbocycles. The summed E-state index contributed by atoms with van der Waals surface area (Å²) < 4.78 is 11.4. The number of carboxylic acid groups (broad SMARTS) is 1. The van der Waals surface area contributed by atoms with Gasteiger partial charge < -0.3 is 19.7 Å². The molecule has 0 bridgehead atoms. The van der Waals surface area contributed by atoms with Crippen LogP contribution in [-0.4, -0.2) is 46.4 Å². The van der Waals surface area contributed by atoms with Gasteiger partial charge in [0.05, 0.1) is 18.4 Å². The molecule has 8 atom stereocenters. The van der Waals surface area contributed by atoms with E-state index in [1.807, 2.05) is 13.8 Å². The van der Waals surface area contributed by atoms with E-state index in [0.717, 1.165) is 12.8 Å². The molecular formula is C26H40O7. The van der Waals surface area contributed by atoms with E-state index in [1.165, 1.54) is 12.5 Å². The topological polar surface area (TPSA) is 110 Å². The first-order chi connectivity index (χ1) is 15.5. The van der Waals surface area contributed by atoms with E-state index in [1.54, 1.807) is 0 Å². The van der Waals surface area contributed by atoms with Gasteiger partial charge in [-0.15, -0.1) is 0 Å². The van der Waals surface area contributed by atoms with E-state index in [0.29, 0.717) is 18.8 Å². The molecule has 186 valence electrons. The van der Waals surface area contributed by atoms with Crippen molar-refractivity contribution in [3.8, 4) is 0 Å². The molecule has 2 rings (SSSR count). The van der Waals surface area contributed by atoms with Gasteiger partial charge >= 0.3 is 17.9 Å². The molecule has 2 aliphatic carbocycles. The predicted molar refractivity (Wildman–Crippen MR) is 124 cm³/mol. The van der Waals surface area contributed by atoms with Crippen molar-refractivity contribution in [1.82, 2.24) is 0 Å². The number of rotatable bonds is 11. The minimum Gasteiger partial charge on any atom is -0.481 e. The Morgan fingerprint density at radius 1 is 1.24 bits per heavy atom. The lowest BCUT2D eigenvalue weighted by Gasteiger charge is -2.43. The van der Waals surface area contributed by atoms with Crippen molar-refractivity contribution in [3.05, 3.63) is 23.8 Å². The molecular weight excluding hydrogens is 424 g/mol. The maximum Gasteiger partial charge on any atom is 0.308 e. The number of aliphatic hydroxyl groups is 1. The molecule has 0 heterocycles. The first-order valence-corrected chi connectivity index (χ1v) is 12.2. The quantitative estimate of drug-likeness (QED) is 0.439. The third-order valence-corrected chi connectivity index (χ3v) is 6.98. The fourth-order valence-corrected chi connectivity index (χ4v) is 5.08. The second-order valence-corrected chi connectivity index (χ2v) is 9.87. The number of allylic oxidation sites excluding steroid dienone is 3. The Labute approximate surface area is 197 Å². The molecule has 2 N–H and O–H groups in total. The van der Waals surface area contributed by atoms with Crippen LogP contribution in [0.4, 0.5) is 0 Å². The van der Waals surface area contributed by atoms with Gasteiger partial charge in [-0.25, -0.2) is 0 Å². The molecule has 0 fully saturated rings. The van der Waals surface area contributed by atoms with Crippen molar-refractivity contribution >= 4 is 17.9 Å². The van der Waals surface area contributed by atoms with Crippen molar-refractivity contribution in [1.29, 1.82) is 0 Å². The molecule has 0 amide bonds. The highest BCUT2D eigenvalue weighted by atomic mass is 16.5. The van der Waals surface area contributed by atoms with Gasteiger partial charge in [0.1, 0.15) is 12.2 Å². The molecule has 0 aromatic carbocycles. The van der Waals surface area contributed by atoms with Crippen LogP contribution in [0, 0.1) is 29.6 Å². The Morgan fingerprint density at radius 2 is 1.94 bits per heavy atom. The van der Waals surface area contributed by atoms with Crippen molar-refractivity contribution in [2.45, 2.75) is 91.5 Å². The van der Waals surface area contributed by atoms with E-state index in [4.69, 9.17) is 14.6 Å². The summed E-state index contributed by atoms with van der Waals surface area (Å²) in [4.78, 5) is 35.1. The largest absolute Gasteiger partial charge is 0.481 e. The number of esters is 2. The number of ether oxygens (including phenoxy) is 2. The molecule has 2 aliphatic rings. The minimum absolute atomic E-state index is 0.0659. The highest BCUT2D eigenvalue weighted by Crippen LogP contribution is 2.45. The molecule has 0 aromatic heterocycles. The number of carbonyl (C=O) groups is 3. The van der Waals surface area contributed by atoms with Crippen LogP contribution in [0.25, 0.3) is 0 Å². The van der Waals surface area contributed by atoms with E-state index in [-0.39, 0.29) is 48.6 Å². The Hall–Kier alpha value is -2.15. The van der Waals surface area contributed by atoms with Crippen LogP contribution >= 0.6 is 0 Å². The zero-order chi connectivity index (χ0) is 24.7. The number of fused-ring (bicyclic) bond motifs is 1. The molecule has 7 heteroatoms. The zero-order valence-corrected chi connectivity index (χ0v) is 20.5. The number of carboxylic acids is 1. The minimum atomic E-state index is -1.09. The molecule has 0 aromatic rings. The van der Waals surface area contributed by atoms with Crippen LogP contribution in [-0.2, 0) is 23.9 Å². The maximum absolute atomic E-state index is 12.6. The highest BCUT2D eigenvalue weighted by molar-refractivity contribution is 5.72. The fraction of sp³-hybridized carbons (Fsp3) is 0.731. The van der Waals surface area contributed by atoms with Crippen LogP contribution in [0.15, 0.2) is 23.8 Å². The van der Waals surface area contributed by atoms with Gasteiger partial charge in [0.25, 0.3) is 0 Å². The second-order valence-electron chi connectivity index (χ2n) is 9.87. The number of carbonyl (C=O) groups excluding carboxylic acids is 2. The Bertz CT molecular complexity index is 756. The fourth-order valence-electron chi connectivity index (χ4n) is 5.08. The second kappa shape index (κ2) is 12.4. The summed E-state index contributed by atoms with van der Waals surface area (Å²) >= 11 is 0. The van der Waals surface area contributed by atoms with E-state index in [2.05, 4.69) is 32.1 Å². The molecule has 0 aliphatic heterocycles. The smallest absolute Gasteiger partial charge is 0.308 e. The first kappa shape index (κ1) is 27.1. The predicted octanol–water partition coefficient (Wildman–Crippen LogP) is 4.29. The highest BCUT2D eigenvalue weighted by Gasteiger charge is 2.42. The number of aliphatic hydroxyl groups excluding tert-OH is 1. The van der Waals surface area contributed by atoms with Gasteiger partial charge in [-0.1, -0.05) is 45.9 Å². The third kappa shape index (κ3) is 7.98. The van der Waals surface area contributed by atoms with Crippen molar-refractivity contribution in [2.75, 3.05) is 0 Å². The summed E-state index contributed by atoms with van der Waals surface area (Å²) in [7, 11) is 0. The summed E-state index contributed by atoms with van der Waals surface area (Å²) in [6.45, 7) is 9.45. The summed E-state index contributed by atoms with van der Waals surface area (Å²) in [6.07, 6.45) is 7.15. The molecule has 0 saturated heterocycles. The van der Waals surface area contributed by atoms with Crippen LogP contribution in [0.2, 0.25) is 0 Å². The van der Waals surface area contributed by atoms with Gasteiger partial charge in [-0.2, -0.15) is 0 Å². The molecule has 7 nitrogen and oxygen atoms in total. The summed E-state index contributed by atoms with van der Waals surface area (Å²) in [5, 5.41) is 19.0. The third-order valence-electron chi connectivity index (χ3n) is 6.98. The van der Waals surface area contributed by atoms with Crippen molar-refractivity contribution in [3.63, 3.8) is 0 Å². The van der Waals surface area contributed by atoms with Gasteiger partial charge in [0, 0.05) is 19.3 Å². The zero-order valence-electron chi connectivity index (χ0n) is 20.5. The lowest BCUT2D eigenvalue weighted by molar-refractivity contribution is -0.159. The lowest BCUT2D eigenvalue weighted by Crippen LogP contribution is -2.42. The Morgan fingerprint density at radius 3 is 2.55 bits per heavy atom. The van der Waals surface area contributed by atoms with Crippen LogP contribution < -0.4 is 0 Å². The van der Waals surface area contributed by atoms with Gasteiger partial charge in [0.15, 0.2) is 0 Å². The molecule has 0 spiro atoms. The van der Waals surface area contributed by atoms with E-state index < -0.39 is 24.1 Å². The van der Waals surface area contributed by atoms with Crippen LogP contribution in [0.1, 0.15) is 73.1 Å². The number of hydrogen-bond donors (Lipinski definition) is 2. The average Bonchev–Trinajstić information content (AvgIpc) is 2.71. The first-order valence-electron chi connectivity index (χ1n) is 12.2. The normalized spacial score (nSPS) is 29.3. The van der Waals surface area contributed by atoms with Gasteiger partial charge in [0.2, 0.25) is 0 Å². The lowest BCUT2D eigenvalue weighted by atomic mass is 9.65. The van der Waals surface area contributed by atoms with Gasteiger partial charge in [-0.05, 0) is 49.0 Å². The summed E-state index contributed by atoms with van der Waals surface area (Å²) in [5.41, 5.74) is 1.19. The van der Waals surface area contributed by atoms with E-state index >= 15 is 0 Å². The van der Waals surface area contributed by atoms with E-state index in [9.17, 15) is 19.5 Å². The summed E-state index contributed by atoms with van der Waals surface area (Å²) in [6, 6.07) is 0. The number of hydrogen-bond acceptors (Lipinski definition) is 6. The standard InChI is InChI=1S/C26H40O7/c1-6-16(3)26(31)33-23-12-15(2)11-19-8-7-17(4)22(25(19)23)10-9-21(32-18(5)27)13-20(28)14-24(29)30/h7-8,11,15-17,20-23,25,28H,6,9-10,12-14H2,1-5H3,(H,29,30). The van der Waals surface area contributed by atoms with Gasteiger partial charge in [-0.3, -0.25) is 14.4 Å².